The number of hydrogen-bond donors (Lipinski definition) is 2. The molecular weight excluding hydrogens is 183 g/mol. The fourth-order valence-corrected chi connectivity index (χ4v) is 1.23. The maximum absolute atomic E-state index is 13.4. The fraction of sp³-hybridized carbons (Fsp3) is 0.400. The summed E-state index contributed by atoms with van der Waals surface area (Å²) in [7, 11) is 3.52. The van der Waals surface area contributed by atoms with E-state index < -0.39 is 6.10 Å². The standard InChI is InChI=1S/C10H15FN2O/c1-13(2)9-4-3-7(5-8(9)11)10(14)6-12/h3-5,10,14H,6,12H2,1-2H3/t10-/m1/s1. The lowest BCUT2D eigenvalue weighted by atomic mass is 10.1. The Kier molecular flexibility index (Phi) is 3.43. The molecule has 0 aromatic heterocycles. The Morgan fingerprint density at radius 3 is 2.57 bits per heavy atom. The van der Waals surface area contributed by atoms with E-state index in [4.69, 9.17) is 5.73 Å². The van der Waals surface area contributed by atoms with Crippen LogP contribution in [-0.2, 0) is 0 Å². The second-order valence-electron chi connectivity index (χ2n) is 3.36. The van der Waals surface area contributed by atoms with Crippen molar-refractivity contribution < 1.29 is 9.50 Å². The summed E-state index contributed by atoms with van der Waals surface area (Å²) in [5, 5.41) is 9.38. The highest BCUT2D eigenvalue weighted by Gasteiger charge is 2.09. The lowest BCUT2D eigenvalue weighted by Gasteiger charge is -2.15. The van der Waals surface area contributed by atoms with E-state index in [2.05, 4.69) is 0 Å². The number of nitrogens with zero attached hydrogens (tertiary/aromatic N) is 1. The minimum Gasteiger partial charge on any atom is -0.387 e. The first kappa shape index (κ1) is 10.9. The lowest BCUT2D eigenvalue weighted by Crippen LogP contribution is -2.14. The van der Waals surface area contributed by atoms with E-state index in [-0.39, 0.29) is 12.4 Å². The Labute approximate surface area is 83.0 Å². The molecule has 0 saturated carbocycles. The van der Waals surface area contributed by atoms with Crippen molar-refractivity contribution in [3.8, 4) is 0 Å². The third-order valence-corrected chi connectivity index (χ3v) is 2.06. The Bertz CT molecular complexity index is 315. The highest BCUT2D eigenvalue weighted by molar-refractivity contribution is 5.48. The van der Waals surface area contributed by atoms with Crippen LogP contribution in [0.2, 0.25) is 0 Å². The van der Waals surface area contributed by atoms with E-state index in [1.165, 1.54) is 6.07 Å². The summed E-state index contributed by atoms with van der Waals surface area (Å²) in [5.74, 6) is -0.347. The van der Waals surface area contributed by atoms with Gasteiger partial charge in [-0.1, -0.05) is 6.07 Å². The van der Waals surface area contributed by atoms with Gasteiger partial charge >= 0.3 is 0 Å². The van der Waals surface area contributed by atoms with Crippen LogP contribution in [0.15, 0.2) is 18.2 Å². The van der Waals surface area contributed by atoms with Crippen LogP contribution in [0.5, 0.6) is 0 Å². The largest absolute Gasteiger partial charge is 0.387 e. The maximum atomic E-state index is 13.4. The van der Waals surface area contributed by atoms with Gasteiger partial charge in [0.1, 0.15) is 5.82 Å². The van der Waals surface area contributed by atoms with Crippen molar-refractivity contribution in [2.75, 3.05) is 25.5 Å². The predicted molar refractivity (Wildman–Crippen MR) is 54.7 cm³/mol. The van der Waals surface area contributed by atoms with Gasteiger partial charge in [0, 0.05) is 20.6 Å². The van der Waals surface area contributed by atoms with E-state index in [0.29, 0.717) is 11.3 Å². The molecule has 1 rings (SSSR count). The highest BCUT2D eigenvalue weighted by atomic mass is 19.1. The van der Waals surface area contributed by atoms with E-state index >= 15 is 0 Å². The number of halogens is 1. The normalized spacial score (nSPS) is 12.6. The first-order valence-electron chi connectivity index (χ1n) is 4.41. The second-order valence-corrected chi connectivity index (χ2v) is 3.36. The van der Waals surface area contributed by atoms with Crippen molar-refractivity contribution in [1.29, 1.82) is 0 Å². The van der Waals surface area contributed by atoms with Gasteiger partial charge in [-0.2, -0.15) is 0 Å². The van der Waals surface area contributed by atoms with Crippen molar-refractivity contribution in [2.45, 2.75) is 6.10 Å². The molecule has 0 spiro atoms. The molecule has 0 unspecified atom stereocenters. The van der Waals surface area contributed by atoms with Gasteiger partial charge in [-0.3, -0.25) is 0 Å². The minimum atomic E-state index is -0.791. The number of nitrogens with two attached hydrogens (primary N) is 1. The van der Waals surface area contributed by atoms with Crippen LogP contribution in [-0.4, -0.2) is 25.7 Å². The minimum absolute atomic E-state index is 0.0980. The average Bonchev–Trinajstić information content (AvgIpc) is 2.15. The van der Waals surface area contributed by atoms with Crippen molar-refractivity contribution in [1.82, 2.24) is 0 Å². The number of rotatable bonds is 3. The van der Waals surface area contributed by atoms with Crippen LogP contribution in [0.3, 0.4) is 0 Å². The van der Waals surface area contributed by atoms with Gasteiger partial charge in [-0.15, -0.1) is 0 Å². The molecule has 0 aliphatic heterocycles. The number of benzene rings is 1. The van der Waals surface area contributed by atoms with Crippen molar-refractivity contribution in [2.24, 2.45) is 5.73 Å². The number of anilines is 1. The van der Waals surface area contributed by atoms with Crippen LogP contribution < -0.4 is 10.6 Å². The quantitative estimate of drug-likeness (QED) is 0.758. The molecule has 14 heavy (non-hydrogen) atoms. The van der Waals surface area contributed by atoms with Crippen LogP contribution in [0.25, 0.3) is 0 Å². The monoisotopic (exact) mass is 198 g/mol. The maximum Gasteiger partial charge on any atom is 0.146 e. The summed E-state index contributed by atoms with van der Waals surface area (Å²) in [4.78, 5) is 1.67. The Hall–Kier alpha value is -1.13. The molecule has 0 radical (unpaired) electrons. The Balaban J connectivity index is 3.00. The van der Waals surface area contributed by atoms with Gasteiger partial charge in [-0.05, 0) is 17.7 Å². The molecule has 0 bridgehead atoms. The summed E-state index contributed by atoms with van der Waals surface area (Å²) in [6, 6.07) is 4.62. The van der Waals surface area contributed by atoms with E-state index in [1.807, 2.05) is 0 Å². The fourth-order valence-electron chi connectivity index (χ4n) is 1.23. The Morgan fingerprint density at radius 2 is 2.14 bits per heavy atom. The van der Waals surface area contributed by atoms with Crippen LogP contribution in [0.1, 0.15) is 11.7 Å². The summed E-state index contributed by atoms with van der Waals surface area (Å²) < 4.78 is 13.4. The zero-order chi connectivity index (χ0) is 10.7. The summed E-state index contributed by atoms with van der Waals surface area (Å²) >= 11 is 0. The molecule has 1 aromatic carbocycles. The zero-order valence-corrected chi connectivity index (χ0v) is 8.37. The molecular formula is C10H15FN2O. The molecule has 0 amide bonds. The smallest absolute Gasteiger partial charge is 0.146 e. The zero-order valence-electron chi connectivity index (χ0n) is 8.37. The SMILES string of the molecule is CN(C)c1ccc([C@H](O)CN)cc1F. The van der Waals surface area contributed by atoms with Gasteiger partial charge in [-0.25, -0.2) is 4.39 Å². The van der Waals surface area contributed by atoms with Crippen LogP contribution >= 0.6 is 0 Å². The molecule has 0 aliphatic carbocycles. The number of hydrogen-bond acceptors (Lipinski definition) is 3. The molecule has 3 nitrogen and oxygen atoms in total. The van der Waals surface area contributed by atoms with Crippen molar-refractivity contribution >= 4 is 5.69 Å². The highest BCUT2D eigenvalue weighted by Crippen LogP contribution is 2.21. The van der Waals surface area contributed by atoms with E-state index in [0.717, 1.165) is 0 Å². The molecule has 4 heteroatoms. The molecule has 0 aliphatic rings. The summed E-state index contributed by atoms with van der Waals surface area (Å²) in [5.41, 5.74) is 6.28. The average molecular weight is 198 g/mol. The first-order chi connectivity index (χ1) is 6.56. The third kappa shape index (κ3) is 2.21. The molecule has 0 saturated heterocycles. The van der Waals surface area contributed by atoms with Gasteiger partial charge in [0.2, 0.25) is 0 Å². The summed E-state index contributed by atoms with van der Waals surface area (Å²) in [6.07, 6.45) is -0.791. The topological polar surface area (TPSA) is 49.5 Å². The van der Waals surface area contributed by atoms with Gasteiger partial charge in [0.05, 0.1) is 11.8 Å². The van der Waals surface area contributed by atoms with Crippen molar-refractivity contribution in [3.05, 3.63) is 29.6 Å². The van der Waals surface area contributed by atoms with Crippen molar-refractivity contribution in [3.63, 3.8) is 0 Å². The van der Waals surface area contributed by atoms with Crippen LogP contribution in [0.4, 0.5) is 10.1 Å². The van der Waals surface area contributed by atoms with Gasteiger partial charge < -0.3 is 15.7 Å². The van der Waals surface area contributed by atoms with E-state index in [9.17, 15) is 9.50 Å². The number of aliphatic hydroxyl groups excluding tert-OH is 1. The molecule has 0 heterocycles. The predicted octanol–water partition coefficient (Wildman–Crippen LogP) is 0.884. The molecule has 1 atom stereocenters. The molecule has 3 N–H and O–H groups in total. The van der Waals surface area contributed by atoms with Gasteiger partial charge in [0.25, 0.3) is 0 Å². The lowest BCUT2D eigenvalue weighted by molar-refractivity contribution is 0.186. The molecule has 1 aromatic rings. The third-order valence-electron chi connectivity index (χ3n) is 2.06. The second kappa shape index (κ2) is 4.39. The van der Waals surface area contributed by atoms with Crippen LogP contribution in [0, 0.1) is 5.82 Å². The summed E-state index contributed by atoms with van der Waals surface area (Å²) in [6.45, 7) is 0.0980. The van der Waals surface area contributed by atoms with E-state index in [1.54, 1.807) is 31.1 Å². The number of aliphatic hydroxyl groups is 1. The van der Waals surface area contributed by atoms with Gasteiger partial charge in [0.15, 0.2) is 0 Å². The first-order valence-corrected chi connectivity index (χ1v) is 4.41. The molecule has 0 fully saturated rings. The Morgan fingerprint density at radius 1 is 1.50 bits per heavy atom. The molecule has 78 valence electrons.